The van der Waals surface area contributed by atoms with Crippen LogP contribution in [0.1, 0.15) is 47.3 Å². The minimum atomic E-state index is -0.423. The van der Waals surface area contributed by atoms with Crippen molar-refractivity contribution in [1.29, 1.82) is 0 Å². The number of rotatable bonds is 3. The molecule has 1 amide bonds. The Bertz CT molecular complexity index is 877. The average molecular weight is 351 g/mol. The first-order valence-electron chi connectivity index (χ1n) is 9.90. The van der Waals surface area contributed by atoms with Crippen LogP contribution < -0.4 is 5.32 Å². The number of hydrogen-bond acceptors (Lipinski definition) is 3. The van der Waals surface area contributed by atoms with Gasteiger partial charge in [0, 0.05) is 24.5 Å². The van der Waals surface area contributed by atoms with Gasteiger partial charge in [0.1, 0.15) is 0 Å². The normalized spacial score (nSPS) is 27.3. The van der Waals surface area contributed by atoms with Gasteiger partial charge in [0.15, 0.2) is 0 Å². The Balaban J connectivity index is 1.46. The van der Waals surface area contributed by atoms with Gasteiger partial charge < -0.3 is 14.6 Å². The van der Waals surface area contributed by atoms with Crippen molar-refractivity contribution in [3.63, 3.8) is 0 Å². The summed E-state index contributed by atoms with van der Waals surface area (Å²) >= 11 is 0. The molecule has 0 radical (unpaired) electrons. The monoisotopic (exact) mass is 351 g/mol. The molecule has 5 heteroatoms. The number of ketones is 1. The molecular formula is C21H25N3O2. The Kier molecular flexibility index (Phi) is 3.85. The predicted molar refractivity (Wildman–Crippen MR) is 99.5 cm³/mol. The maximum Gasteiger partial charge on any atom is 0.292 e. The van der Waals surface area contributed by atoms with Gasteiger partial charge in [-0.15, -0.1) is 0 Å². The molecule has 1 N–H and O–H groups in total. The third-order valence-corrected chi connectivity index (χ3v) is 6.55. The van der Waals surface area contributed by atoms with Crippen molar-refractivity contribution in [3.05, 3.63) is 41.2 Å². The summed E-state index contributed by atoms with van der Waals surface area (Å²) in [5, 5.41) is 3.07. The summed E-state index contributed by atoms with van der Waals surface area (Å²) in [7, 11) is 0. The van der Waals surface area contributed by atoms with Gasteiger partial charge in [-0.05, 0) is 75.2 Å². The molecule has 2 bridgehead atoms. The molecule has 5 nitrogen and oxygen atoms in total. The van der Waals surface area contributed by atoms with Gasteiger partial charge >= 0.3 is 0 Å². The molecule has 1 unspecified atom stereocenters. The van der Waals surface area contributed by atoms with E-state index >= 15 is 0 Å². The molecule has 6 rings (SSSR count). The van der Waals surface area contributed by atoms with Crippen molar-refractivity contribution >= 4 is 17.2 Å². The lowest BCUT2D eigenvalue weighted by Gasteiger charge is -2.44. The molecule has 0 saturated carbocycles. The molecular weight excluding hydrogens is 326 g/mol. The van der Waals surface area contributed by atoms with E-state index in [-0.39, 0.29) is 11.8 Å². The maximum absolute atomic E-state index is 13.1. The molecule has 2 aromatic rings. The number of Topliss-reactive ketones (excluding diaryl/α,β-unsaturated/α-hetero) is 1. The van der Waals surface area contributed by atoms with Crippen LogP contribution in [-0.4, -0.2) is 46.7 Å². The highest BCUT2D eigenvalue weighted by molar-refractivity contribution is 6.44. The zero-order valence-electron chi connectivity index (χ0n) is 15.0. The summed E-state index contributed by atoms with van der Waals surface area (Å²) in [5.41, 5.74) is 3.83. The zero-order chi connectivity index (χ0) is 17.7. The predicted octanol–water partition coefficient (Wildman–Crippen LogP) is 2.21. The van der Waals surface area contributed by atoms with Gasteiger partial charge in [-0.1, -0.05) is 6.07 Å². The number of nitrogens with zero attached hydrogens (tertiary/aromatic N) is 2. The fourth-order valence-electron chi connectivity index (χ4n) is 5.19. The second-order valence-electron chi connectivity index (χ2n) is 8.01. The van der Waals surface area contributed by atoms with Crippen LogP contribution in [0, 0.1) is 5.92 Å². The highest BCUT2D eigenvalue weighted by Crippen LogP contribution is 2.31. The first-order valence-corrected chi connectivity index (χ1v) is 9.90. The third kappa shape index (κ3) is 2.49. The van der Waals surface area contributed by atoms with Crippen molar-refractivity contribution in [2.45, 2.75) is 44.6 Å². The van der Waals surface area contributed by atoms with E-state index < -0.39 is 5.91 Å². The van der Waals surface area contributed by atoms with Crippen molar-refractivity contribution in [2.24, 2.45) is 5.92 Å². The average Bonchev–Trinajstić information content (AvgIpc) is 3.03. The molecule has 136 valence electrons. The summed E-state index contributed by atoms with van der Waals surface area (Å²) in [5.74, 6) is -0.252. The van der Waals surface area contributed by atoms with E-state index in [9.17, 15) is 9.59 Å². The molecule has 0 spiro atoms. The SMILES string of the molecule is O=C(NC1CN2CCC1CC2)C(=O)c1c2c(n3ccccc13)CCCC2. The largest absolute Gasteiger partial charge is 0.345 e. The number of pyridine rings is 1. The fraction of sp³-hybridized carbons (Fsp3) is 0.524. The number of carbonyl (C=O) groups excluding carboxylic acids is 2. The number of hydrogen-bond donors (Lipinski definition) is 1. The van der Waals surface area contributed by atoms with Gasteiger partial charge in [0.05, 0.1) is 11.1 Å². The molecule has 4 aliphatic rings. The van der Waals surface area contributed by atoms with Crippen LogP contribution in [0.15, 0.2) is 24.4 Å². The first-order chi connectivity index (χ1) is 12.7. The quantitative estimate of drug-likeness (QED) is 0.681. The molecule has 3 saturated heterocycles. The van der Waals surface area contributed by atoms with Crippen molar-refractivity contribution in [1.82, 2.24) is 14.6 Å². The number of fused-ring (bicyclic) bond motifs is 6. The lowest BCUT2D eigenvalue weighted by Crippen LogP contribution is -2.58. The molecule has 0 aromatic carbocycles. The first kappa shape index (κ1) is 16.1. The Morgan fingerprint density at radius 1 is 1.08 bits per heavy atom. The number of carbonyl (C=O) groups is 2. The fourth-order valence-corrected chi connectivity index (χ4v) is 5.19. The van der Waals surface area contributed by atoms with E-state index in [4.69, 9.17) is 0 Å². The van der Waals surface area contributed by atoms with Gasteiger partial charge in [-0.2, -0.15) is 0 Å². The third-order valence-electron chi connectivity index (χ3n) is 6.55. The van der Waals surface area contributed by atoms with Gasteiger partial charge in [-0.25, -0.2) is 0 Å². The molecule has 3 fully saturated rings. The van der Waals surface area contributed by atoms with E-state index in [1.54, 1.807) is 0 Å². The molecule has 2 aromatic heterocycles. The van der Waals surface area contributed by atoms with Gasteiger partial charge in [-0.3, -0.25) is 9.59 Å². The lowest BCUT2D eigenvalue weighted by atomic mass is 9.84. The Labute approximate surface area is 153 Å². The van der Waals surface area contributed by atoms with E-state index in [0.717, 1.165) is 69.2 Å². The number of nitrogens with one attached hydrogen (secondary N) is 1. The van der Waals surface area contributed by atoms with Gasteiger partial charge in [0.25, 0.3) is 11.7 Å². The van der Waals surface area contributed by atoms with Crippen LogP contribution in [0.3, 0.4) is 0 Å². The van der Waals surface area contributed by atoms with E-state index in [0.29, 0.717) is 11.5 Å². The summed E-state index contributed by atoms with van der Waals surface area (Å²) in [6, 6.07) is 6.03. The van der Waals surface area contributed by atoms with E-state index in [1.807, 2.05) is 24.4 Å². The summed E-state index contributed by atoms with van der Waals surface area (Å²) < 4.78 is 2.11. The zero-order valence-corrected chi connectivity index (χ0v) is 15.0. The minimum Gasteiger partial charge on any atom is -0.345 e. The van der Waals surface area contributed by atoms with Crippen molar-refractivity contribution in [2.75, 3.05) is 19.6 Å². The summed E-state index contributed by atoms with van der Waals surface area (Å²) in [4.78, 5) is 28.4. The van der Waals surface area contributed by atoms with Crippen LogP contribution in [-0.2, 0) is 17.6 Å². The van der Waals surface area contributed by atoms with Crippen LogP contribution in [0.25, 0.3) is 5.52 Å². The summed E-state index contributed by atoms with van der Waals surface area (Å²) in [6.07, 6.45) is 8.38. The van der Waals surface area contributed by atoms with Gasteiger partial charge in [0.2, 0.25) is 0 Å². The smallest absolute Gasteiger partial charge is 0.292 e. The van der Waals surface area contributed by atoms with E-state index in [1.165, 1.54) is 5.69 Å². The second-order valence-corrected chi connectivity index (χ2v) is 8.01. The number of amides is 1. The molecule has 26 heavy (non-hydrogen) atoms. The van der Waals surface area contributed by atoms with Crippen molar-refractivity contribution in [3.8, 4) is 0 Å². The number of aryl methyl sites for hydroxylation is 1. The minimum absolute atomic E-state index is 0.124. The highest BCUT2D eigenvalue weighted by Gasteiger charge is 2.37. The van der Waals surface area contributed by atoms with E-state index in [2.05, 4.69) is 14.6 Å². The lowest BCUT2D eigenvalue weighted by molar-refractivity contribution is -0.119. The topological polar surface area (TPSA) is 53.8 Å². The molecule has 1 aliphatic carbocycles. The van der Waals surface area contributed by atoms with Crippen molar-refractivity contribution < 1.29 is 9.59 Å². The highest BCUT2D eigenvalue weighted by atomic mass is 16.2. The van der Waals surface area contributed by atoms with Crippen LogP contribution in [0.5, 0.6) is 0 Å². The molecule has 3 aliphatic heterocycles. The van der Waals surface area contributed by atoms with Crippen LogP contribution in [0.4, 0.5) is 0 Å². The Hall–Kier alpha value is -2.14. The molecule has 1 atom stereocenters. The Morgan fingerprint density at radius 3 is 2.65 bits per heavy atom. The number of aromatic nitrogens is 1. The standard InChI is InChI=1S/C21H25N3O2/c25-20(21(26)22-16-13-23-11-8-14(16)9-12-23)19-15-5-1-2-6-17(15)24-10-4-3-7-18(19)24/h3-4,7,10,14,16H,1-2,5-6,8-9,11-13H2,(H,22,26). The van der Waals surface area contributed by atoms with Crippen LogP contribution in [0.2, 0.25) is 0 Å². The maximum atomic E-state index is 13.1. The van der Waals surface area contributed by atoms with Crippen LogP contribution >= 0.6 is 0 Å². The summed E-state index contributed by atoms with van der Waals surface area (Å²) in [6.45, 7) is 3.14. The number of piperidine rings is 3. The molecule has 5 heterocycles. The second kappa shape index (κ2) is 6.23. The Morgan fingerprint density at radius 2 is 1.88 bits per heavy atom.